The number of nitrogens with two attached hydrogens (primary N) is 1. The molecule has 0 aromatic heterocycles. The van der Waals surface area contributed by atoms with E-state index in [1.54, 1.807) is 30.3 Å². The van der Waals surface area contributed by atoms with E-state index in [9.17, 15) is 13.2 Å². The van der Waals surface area contributed by atoms with Crippen molar-refractivity contribution in [2.75, 3.05) is 5.73 Å². The van der Waals surface area contributed by atoms with Crippen LogP contribution in [0.2, 0.25) is 0 Å². The van der Waals surface area contributed by atoms with Crippen LogP contribution in [0.3, 0.4) is 0 Å². The zero-order valence-electron chi connectivity index (χ0n) is 9.54. The van der Waals surface area contributed by atoms with Gasteiger partial charge in [0.1, 0.15) is 0 Å². The molecule has 2 aromatic rings. The molecule has 0 unspecified atom stereocenters. The topological polar surface area (TPSA) is 26.0 Å². The van der Waals surface area contributed by atoms with Gasteiger partial charge in [0, 0.05) is 20.0 Å². The van der Waals surface area contributed by atoms with Crippen LogP contribution in [0.1, 0.15) is 5.56 Å². The first-order chi connectivity index (χ1) is 8.86. The standard InChI is InChI=1S/C13H9BrF3NS/c14-12-6-5-10(7-11(12)13(15,16)17)19-9-3-1-8(18)2-4-9/h1-7H,18H2. The third-order valence-electron chi connectivity index (χ3n) is 2.36. The Hall–Kier alpha value is -1.14. The molecule has 0 saturated heterocycles. The highest BCUT2D eigenvalue weighted by Gasteiger charge is 2.33. The second kappa shape index (κ2) is 5.46. The van der Waals surface area contributed by atoms with Crippen molar-refractivity contribution in [3.8, 4) is 0 Å². The van der Waals surface area contributed by atoms with Crippen molar-refractivity contribution in [2.45, 2.75) is 16.0 Å². The van der Waals surface area contributed by atoms with Gasteiger partial charge in [0.05, 0.1) is 5.56 Å². The molecule has 0 fully saturated rings. The maximum Gasteiger partial charge on any atom is 0.417 e. The Bertz CT molecular complexity index is 581. The van der Waals surface area contributed by atoms with Gasteiger partial charge in [0.2, 0.25) is 0 Å². The Labute approximate surface area is 121 Å². The number of anilines is 1. The van der Waals surface area contributed by atoms with Crippen LogP contribution in [0.5, 0.6) is 0 Å². The number of benzene rings is 2. The molecule has 0 radical (unpaired) electrons. The fourth-order valence-electron chi connectivity index (χ4n) is 1.46. The van der Waals surface area contributed by atoms with E-state index in [4.69, 9.17) is 5.73 Å². The van der Waals surface area contributed by atoms with Gasteiger partial charge >= 0.3 is 6.18 Å². The normalized spacial score (nSPS) is 11.6. The molecule has 0 aliphatic rings. The van der Waals surface area contributed by atoms with Crippen LogP contribution in [-0.4, -0.2) is 0 Å². The summed E-state index contributed by atoms with van der Waals surface area (Å²) in [6.45, 7) is 0. The van der Waals surface area contributed by atoms with Gasteiger partial charge in [-0.3, -0.25) is 0 Å². The zero-order valence-corrected chi connectivity index (χ0v) is 11.9. The molecule has 0 bridgehead atoms. The predicted molar refractivity (Wildman–Crippen MR) is 74.1 cm³/mol. The van der Waals surface area contributed by atoms with Crippen molar-refractivity contribution in [1.82, 2.24) is 0 Å². The van der Waals surface area contributed by atoms with Crippen molar-refractivity contribution < 1.29 is 13.2 Å². The number of nitrogen functional groups attached to an aromatic ring is 1. The van der Waals surface area contributed by atoms with Gasteiger partial charge in [-0.25, -0.2) is 0 Å². The van der Waals surface area contributed by atoms with Gasteiger partial charge in [-0.2, -0.15) is 13.2 Å². The fourth-order valence-corrected chi connectivity index (χ4v) is 2.79. The Balaban J connectivity index is 2.29. The van der Waals surface area contributed by atoms with Crippen molar-refractivity contribution in [3.63, 3.8) is 0 Å². The molecule has 0 spiro atoms. The molecule has 100 valence electrons. The number of alkyl halides is 3. The molecular formula is C13H9BrF3NS. The highest BCUT2D eigenvalue weighted by Crippen LogP contribution is 2.38. The Morgan fingerprint density at radius 3 is 2.11 bits per heavy atom. The molecule has 0 atom stereocenters. The van der Waals surface area contributed by atoms with Crippen LogP contribution in [0.25, 0.3) is 0 Å². The number of rotatable bonds is 2. The summed E-state index contributed by atoms with van der Waals surface area (Å²) in [5.74, 6) is 0. The average molecular weight is 348 g/mol. The lowest BCUT2D eigenvalue weighted by Crippen LogP contribution is -2.05. The van der Waals surface area contributed by atoms with E-state index in [0.717, 1.165) is 11.0 Å². The third kappa shape index (κ3) is 3.67. The summed E-state index contributed by atoms with van der Waals surface area (Å²) in [7, 11) is 0. The van der Waals surface area contributed by atoms with Gasteiger partial charge < -0.3 is 5.73 Å². The summed E-state index contributed by atoms with van der Waals surface area (Å²) in [6.07, 6.45) is -4.36. The van der Waals surface area contributed by atoms with Crippen LogP contribution >= 0.6 is 27.7 Å². The molecule has 2 aromatic carbocycles. The van der Waals surface area contributed by atoms with Gasteiger partial charge in [-0.05, 0) is 42.5 Å². The lowest BCUT2D eigenvalue weighted by atomic mass is 10.2. The second-order valence-electron chi connectivity index (χ2n) is 3.81. The molecule has 0 heterocycles. The third-order valence-corrected chi connectivity index (χ3v) is 4.05. The van der Waals surface area contributed by atoms with Gasteiger partial charge in [-0.15, -0.1) is 0 Å². The van der Waals surface area contributed by atoms with Crippen molar-refractivity contribution in [3.05, 3.63) is 52.5 Å². The highest BCUT2D eigenvalue weighted by molar-refractivity contribution is 9.10. The Morgan fingerprint density at radius 1 is 0.947 bits per heavy atom. The Morgan fingerprint density at radius 2 is 1.53 bits per heavy atom. The highest BCUT2D eigenvalue weighted by atomic mass is 79.9. The molecule has 19 heavy (non-hydrogen) atoms. The summed E-state index contributed by atoms with van der Waals surface area (Å²) >= 11 is 4.17. The fraction of sp³-hybridized carbons (Fsp3) is 0.0769. The van der Waals surface area contributed by atoms with Gasteiger partial charge in [0.15, 0.2) is 0 Å². The van der Waals surface area contributed by atoms with Gasteiger partial charge in [-0.1, -0.05) is 27.7 Å². The molecule has 1 nitrogen and oxygen atoms in total. The van der Waals surface area contributed by atoms with E-state index in [1.807, 2.05) is 0 Å². The molecule has 0 aliphatic heterocycles. The summed E-state index contributed by atoms with van der Waals surface area (Å²) < 4.78 is 38.3. The quantitative estimate of drug-likeness (QED) is 0.755. The SMILES string of the molecule is Nc1ccc(Sc2ccc(Br)c(C(F)(F)F)c2)cc1. The smallest absolute Gasteiger partial charge is 0.399 e. The molecule has 0 saturated carbocycles. The minimum atomic E-state index is -4.36. The summed E-state index contributed by atoms with van der Waals surface area (Å²) in [6, 6.07) is 11.1. The number of halogens is 4. The molecule has 6 heteroatoms. The second-order valence-corrected chi connectivity index (χ2v) is 5.81. The monoisotopic (exact) mass is 347 g/mol. The molecule has 2 rings (SSSR count). The number of hydrogen-bond acceptors (Lipinski definition) is 2. The van der Waals surface area contributed by atoms with Crippen LogP contribution < -0.4 is 5.73 Å². The first kappa shape index (κ1) is 14.3. The minimum absolute atomic E-state index is 0.0432. The van der Waals surface area contributed by atoms with E-state index in [1.165, 1.54) is 17.8 Å². The van der Waals surface area contributed by atoms with E-state index in [2.05, 4.69) is 15.9 Å². The molecule has 0 amide bonds. The maximum atomic E-state index is 12.8. The largest absolute Gasteiger partial charge is 0.417 e. The van der Waals surface area contributed by atoms with Crippen LogP contribution in [0, 0.1) is 0 Å². The lowest BCUT2D eigenvalue weighted by molar-refractivity contribution is -0.138. The van der Waals surface area contributed by atoms with Crippen LogP contribution in [0.4, 0.5) is 18.9 Å². The van der Waals surface area contributed by atoms with Gasteiger partial charge in [0.25, 0.3) is 0 Å². The average Bonchev–Trinajstić information content (AvgIpc) is 2.33. The van der Waals surface area contributed by atoms with E-state index in [0.29, 0.717) is 10.6 Å². The first-order valence-electron chi connectivity index (χ1n) is 5.26. The van der Waals surface area contributed by atoms with E-state index < -0.39 is 11.7 Å². The van der Waals surface area contributed by atoms with Crippen molar-refractivity contribution in [2.24, 2.45) is 0 Å². The predicted octanol–water partition coefficient (Wildman–Crippen LogP) is 5.20. The molecule has 0 aliphatic carbocycles. The summed E-state index contributed by atoms with van der Waals surface area (Å²) in [5, 5.41) is 0. The summed E-state index contributed by atoms with van der Waals surface area (Å²) in [4.78, 5) is 1.37. The first-order valence-corrected chi connectivity index (χ1v) is 6.87. The summed E-state index contributed by atoms with van der Waals surface area (Å²) in [5.41, 5.74) is 5.51. The maximum absolute atomic E-state index is 12.8. The van der Waals surface area contributed by atoms with Crippen molar-refractivity contribution >= 4 is 33.4 Å². The van der Waals surface area contributed by atoms with E-state index in [-0.39, 0.29) is 4.47 Å². The van der Waals surface area contributed by atoms with Crippen molar-refractivity contribution in [1.29, 1.82) is 0 Å². The number of hydrogen-bond donors (Lipinski definition) is 1. The molecular weight excluding hydrogens is 339 g/mol. The minimum Gasteiger partial charge on any atom is -0.399 e. The van der Waals surface area contributed by atoms with E-state index >= 15 is 0 Å². The van der Waals surface area contributed by atoms with Crippen LogP contribution in [0.15, 0.2) is 56.7 Å². The Kier molecular flexibility index (Phi) is 4.10. The van der Waals surface area contributed by atoms with Crippen LogP contribution in [-0.2, 0) is 6.18 Å². The lowest BCUT2D eigenvalue weighted by Gasteiger charge is -2.11. The zero-order chi connectivity index (χ0) is 14.0. The molecule has 2 N–H and O–H groups in total.